The topological polar surface area (TPSA) is 34.1 Å². The van der Waals surface area contributed by atoms with Crippen molar-refractivity contribution in [1.82, 2.24) is 0 Å². The molecule has 0 spiro atoms. The van der Waals surface area contributed by atoms with E-state index in [1.807, 2.05) is 12.1 Å². The fourth-order valence-electron chi connectivity index (χ4n) is 4.07. The van der Waals surface area contributed by atoms with Crippen molar-refractivity contribution in [3.05, 3.63) is 47.0 Å². The molecule has 3 rings (SSSR count). The highest BCUT2D eigenvalue weighted by atomic mass is 16.1. The van der Waals surface area contributed by atoms with Crippen LogP contribution in [0.25, 0.3) is 0 Å². The van der Waals surface area contributed by atoms with Gasteiger partial charge in [0.1, 0.15) is 0 Å². The van der Waals surface area contributed by atoms with Gasteiger partial charge < -0.3 is 0 Å². The van der Waals surface area contributed by atoms with Gasteiger partial charge in [0.05, 0.1) is 0 Å². The molecule has 0 unspecified atom stereocenters. The number of ketones is 2. The summed E-state index contributed by atoms with van der Waals surface area (Å²) in [6.07, 6.45) is 7.15. The van der Waals surface area contributed by atoms with Crippen LogP contribution in [0.3, 0.4) is 0 Å². The Hall–Kier alpha value is -1.70. The lowest BCUT2D eigenvalue weighted by Gasteiger charge is -2.37. The van der Waals surface area contributed by atoms with Crippen LogP contribution in [0.1, 0.15) is 73.6 Å². The van der Waals surface area contributed by atoms with Crippen molar-refractivity contribution >= 4 is 11.6 Å². The maximum absolute atomic E-state index is 12.6. The maximum atomic E-state index is 12.6. The van der Waals surface area contributed by atoms with Crippen molar-refractivity contribution in [3.63, 3.8) is 0 Å². The molecule has 0 saturated heterocycles. The summed E-state index contributed by atoms with van der Waals surface area (Å²) < 4.78 is 0. The lowest BCUT2D eigenvalue weighted by atomic mass is 9.68. The minimum atomic E-state index is -0.0152. The largest absolute Gasteiger partial charge is 0.289 e. The SMILES string of the molecule is CC(C)(C)C1CCC(CC2=CC(=O)c3ccccc3C2=O)CC1. The van der Waals surface area contributed by atoms with Crippen LogP contribution in [0.5, 0.6) is 0 Å². The van der Waals surface area contributed by atoms with Crippen molar-refractivity contribution in [1.29, 1.82) is 0 Å². The van der Waals surface area contributed by atoms with Gasteiger partial charge in [-0.25, -0.2) is 0 Å². The summed E-state index contributed by atoms with van der Waals surface area (Å²) in [4.78, 5) is 24.9. The van der Waals surface area contributed by atoms with E-state index in [0.29, 0.717) is 28.0 Å². The Kier molecular flexibility index (Phi) is 4.27. The van der Waals surface area contributed by atoms with Crippen LogP contribution in [0.15, 0.2) is 35.9 Å². The minimum absolute atomic E-state index is 0.0152. The van der Waals surface area contributed by atoms with Gasteiger partial charge in [-0.3, -0.25) is 9.59 Å². The molecule has 0 atom stereocenters. The van der Waals surface area contributed by atoms with Gasteiger partial charge in [0.2, 0.25) is 0 Å². The summed E-state index contributed by atoms with van der Waals surface area (Å²) in [5, 5.41) is 0. The van der Waals surface area contributed by atoms with E-state index in [4.69, 9.17) is 0 Å². The molecular weight excluding hydrogens is 284 g/mol. The molecule has 1 fully saturated rings. The molecule has 0 heterocycles. The summed E-state index contributed by atoms with van der Waals surface area (Å²) in [6, 6.07) is 7.18. The Morgan fingerprint density at radius 1 is 0.957 bits per heavy atom. The number of benzene rings is 1. The van der Waals surface area contributed by atoms with Gasteiger partial charge in [-0.05, 0) is 55.4 Å². The number of allylic oxidation sites excluding steroid dienone is 2. The van der Waals surface area contributed by atoms with E-state index >= 15 is 0 Å². The molecule has 0 aliphatic heterocycles. The molecule has 0 bridgehead atoms. The molecule has 1 aromatic rings. The highest BCUT2D eigenvalue weighted by Gasteiger charge is 2.32. The average molecular weight is 310 g/mol. The summed E-state index contributed by atoms with van der Waals surface area (Å²) in [5.74, 6) is 1.36. The summed E-state index contributed by atoms with van der Waals surface area (Å²) in [7, 11) is 0. The molecule has 0 N–H and O–H groups in total. The van der Waals surface area contributed by atoms with Crippen molar-refractivity contribution in [2.45, 2.75) is 52.9 Å². The predicted molar refractivity (Wildman–Crippen MR) is 92.7 cm³/mol. The van der Waals surface area contributed by atoms with Crippen LogP contribution >= 0.6 is 0 Å². The van der Waals surface area contributed by atoms with Gasteiger partial charge in [0.15, 0.2) is 11.6 Å². The van der Waals surface area contributed by atoms with Gasteiger partial charge in [0, 0.05) is 16.7 Å². The van der Waals surface area contributed by atoms with E-state index in [9.17, 15) is 9.59 Å². The zero-order valence-electron chi connectivity index (χ0n) is 14.4. The van der Waals surface area contributed by atoms with Gasteiger partial charge in [-0.1, -0.05) is 45.0 Å². The summed E-state index contributed by atoms with van der Waals surface area (Å²) in [5.41, 5.74) is 2.23. The molecule has 1 aromatic carbocycles. The van der Waals surface area contributed by atoms with Crippen molar-refractivity contribution < 1.29 is 9.59 Å². The third-order valence-corrected chi connectivity index (χ3v) is 5.61. The Labute approximate surface area is 139 Å². The Morgan fingerprint density at radius 2 is 1.57 bits per heavy atom. The monoisotopic (exact) mass is 310 g/mol. The Balaban J connectivity index is 1.68. The molecule has 0 aromatic heterocycles. The third kappa shape index (κ3) is 3.31. The van der Waals surface area contributed by atoms with E-state index in [1.54, 1.807) is 18.2 Å². The van der Waals surface area contributed by atoms with E-state index in [0.717, 1.165) is 12.3 Å². The van der Waals surface area contributed by atoms with E-state index < -0.39 is 0 Å². The van der Waals surface area contributed by atoms with Gasteiger partial charge in [0.25, 0.3) is 0 Å². The fraction of sp³-hybridized carbons (Fsp3) is 0.524. The average Bonchev–Trinajstić information content (AvgIpc) is 2.52. The normalized spacial score (nSPS) is 25.1. The van der Waals surface area contributed by atoms with Gasteiger partial charge >= 0.3 is 0 Å². The van der Waals surface area contributed by atoms with Crippen LogP contribution in [-0.4, -0.2) is 11.6 Å². The smallest absolute Gasteiger partial charge is 0.189 e. The maximum Gasteiger partial charge on any atom is 0.189 e. The number of fused-ring (bicyclic) bond motifs is 1. The molecule has 0 radical (unpaired) electrons. The molecule has 122 valence electrons. The van der Waals surface area contributed by atoms with Crippen LogP contribution in [0.4, 0.5) is 0 Å². The minimum Gasteiger partial charge on any atom is -0.289 e. The molecule has 1 saturated carbocycles. The quantitative estimate of drug-likeness (QED) is 0.749. The number of hydrogen-bond acceptors (Lipinski definition) is 2. The molecule has 2 aliphatic carbocycles. The first-order chi connectivity index (χ1) is 10.9. The number of carbonyl (C=O) groups excluding carboxylic acids is 2. The summed E-state index contributed by atoms with van der Waals surface area (Å²) >= 11 is 0. The number of hydrogen-bond donors (Lipinski definition) is 0. The van der Waals surface area contributed by atoms with Crippen molar-refractivity contribution in [2.24, 2.45) is 17.3 Å². The zero-order valence-corrected chi connectivity index (χ0v) is 14.4. The van der Waals surface area contributed by atoms with Crippen molar-refractivity contribution in [2.75, 3.05) is 0 Å². The Morgan fingerprint density at radius 3 is 2.17 bits per heavy atom. The first kappa shape index (κ1) is 16.2. The standard InChI is InChI=1S/C21H26O2/c1-21(2,3)16-10-8-14(9-11-16)12-15-13-19(22)17-6-4-5-7-18(17)20(15)23/h4-7,13-14,16H,8-12H2,1-3H3. The second-order valence-corrected chi connectivity index (χ2v) is 8.20. The Bertz CT molecular complexity index is 653. The zero-order chi connectivity index (χ0) is 16.6. The molecule has 0 amide bonds. The molecule has 23 heavy (non-hydrogen) atoms. The first-order valence-corrected chi connectivity index (χ1v) is 8.75. The molecule has 2 nitrogen and oxygen atoms in total. The van der Waals surface area contributed by atoms with Crippen LogP contribution < -0.4 is 0 Å². The van der Waals surface area contributed by atoms with E-state index in [-0.39, 0.29) is 11.6 Å². The molecule has 2 aliphatic rings. The van der Waals surface area contributed by atoms with Crippen LogP contribution in [0.2, 0.25) is 0 Å². The lowest BCUT2D eigenvalue weighted by Crippen LogP contribution is -2.27. The highest BCUT2D eigenvalue weighted by Crippen LogP contribution is 2.42. The van der Waals surface area contributed by atoms with Crippen LogP contribution in [-0.2, 0) is 0 Å². The van der Waals surface area contributed by atoms with Crippen molar-refractivity contribution in [3.8, 4) is 0 Å². The second kappa shape index (κ2) is 6.07. The number of rotatable bonds is 2. The number of carbonyl (C=O) groups is 2. The lowest BCUT2D eigenvalue weighted by molar-refractivity contribution is 0.0973. The van der Waals surface area contributed by atoms with Gasteiger partial charge in [-0.2, -0.15) is 0 Å². The predicted octanol–water partition coefficient (Wildman–Crippen LogP) is 5.23. The van der Waals surface area contributed by atoms with Gasteiger partial charge in [-0.15, -0.1) is 0 Å². The number of Topliss-reactive ketones (excluding diaryl/α,β-unsaturated/α-hetero) is 1. The van der Waals surface area contributed by atoms with Crippen LogP contribution in [0, 0.1) is 17.3 Å². The first-order valence-electron chi connectivity index (χ1n) is 8.75. The summed E-state index contributed by atoms with van der Waals surface area (Å²) in [6.45, 7) is 6.96. The molecular formula is C21H26O2. The molecule has 2 heteroatoms. The second-order valence-electron chi connectivity index (χ2n) is 8.20. The van der Waals surface area contributed by atoms with E-state index in [2.05, 4.69) is 20.8 Å². The van der Waals surface area contributed by atoms with E-state index in [1.165, 1.54) is 25.7 Å². The highest BCUT2D eigenvalue weighted by molar-refractivity contribution is 6.24. The third-order valence-electron chi connectivity index (χ3n) is 5.61. The fourth-order valence-corrected chi connectivity index (χ4v) is 4.07.